The lowest BCUT2D eigenvalue weighted by molar-refractivity contribution is -0.146. The number of aryl methyl sites for hydroxylation is 1. The third kappa shape index (κ3) is 8.45. The van der Waals surface area contributed by atoms with Gasteiger partial charge in [0.2, 0.25) is 0 Å². The van der Waals surface area contributed by atoms with Crippen molar-refractivity contribution >= 4 is 17.6 Å². The number of carboxylic acids is 1. The summed E-state index contributed by atoms with van der Waals surface area (Å²) in [6, 6.07) is 13.9. The lowest BCUT2D eigenvalue weighted by atomic mass is 9.99. The predicted molar refractivity (Wildman–Crippen MR) is 115 cm³/mol. The van der Waals surface area contributed by atoms with Gasteiger partial charge in [0.05, 0.1) is 22.3 Å². The Labute approximate surface area is 192 Å². The third-order valence-electron chi connectivity index (χ3n) is 4.37. The van der Waals surface area contributed by atoms with E-state index >= 15 is 0 Å². The van der Waals surface area contributed by atoms with Gasteiger partial charge in [-0.05, 0) is 42.8 Å². The molecule has 1 heterocycles. The lowest BCUT2D eigenvalue weighted by Gasteiger charge is -2.21. The fourth-order valence-electron chi connectivity index (χ4n) is 2.75. The highest BCUT2D eigenvalue weighted by molar-refractivity contribution is 6.30. The van der Waals surface area contributed by atoms with Gasteiger partial charge in [-0.3, -0.25) is 4.98 Å². The zero-order chi connectivity index (χ0) is 24.6. The van der Waals surface area contributed by atoms with Crippen LogP contribution in [0.5, 0.6) is 0 Å². The maximum Gasteiger partial charge on any atom is 0.416 e. The molecular weight excluding hydrogens is 464 g/mol. The summed E-state index contributed by atoms with van der Waals surface area (Å²) in [5.74, 6) is -2.63. The van der Waals surface area contributed by atoms with Crippen molar-refractivity contribution in [2.45, 2.75) is 25.2 Å². The largest absolute Gasteiger partial charge is 0.479 e. The summed E-state index contributed by atoms with van der Waals surface area (Å²) in [5, 5.41) is 21.0. The highest BCUT2D eigenvalue weighted by atomic mass is 35.5. The quantitative estimate of drug-likeness (QED) is 0.428. The monoisotopic (exact) mass is 484 g/mol. The Bertz CT molecular complexity index is 1050. The van der Waals surface area contributed by atoms with Gasteiger partial charge in [0.1, 0.15) is 5.82 Å². The molecule has 0 spiro atoms. The van der Waals surface area contributed by atoms with Crippen LogP contribution in [0, 0.1) is 12.7 Å². The van der Waals surface area contributed by atoms with Crippen molar-refractivity contribution in [3.05, 3.63) is 100 Å². The Kier molecular flexibility index (Phi) is 9.33. The van der Waals surface area contributed by atoms with Gasteiger partial charge in [-0.15, -0.1) is 0 Å². The van der Waals surface area contributed by atoms with Crippen molar-refractivity contribution in [3.63, 3.8) is 0 Å². The van der Waals surface area contributed by atoms with Gasteiger partial charge < -0.3 is 15.5 Å². The molecular formula is C23H21ClF4N2O3. The molecule has 5 nitrogen and oxygen atoms in total. The van der Waals surface area contributed by atoms with Crippen LogP contribution < -0.4 is 5.32 Å². The van der Waals surface area contributed by atoms with Crippen molar-refractivity contribution in [1.29, 1.82) is 0 Å². The molecule has 2 aromatic carbocycles. The Morgan fingerprint density at radius 3 is 2.27 bits per heavy atom. The summed E-state index contributed by atoms with van der Waals surface area (Å²) in [5.41, 5.74) is 0.157. The van der Waals surface area contributed by atoms with Crippen molar-refractivity contribution < 1.29 is 32.6 Å². The summed E-state index contributed by atoms with van der Waals surface area (Å²) in [6.45, 7) is 1.59. The molecule has 3 rings (SSSR count). The van der Waals surface area contributed by atoms with E-state index in [0.717, 1.165) is 12.1 Å². The normalized spacial score (nSPS) is 12.9. The molecule has 0 bridgehead atoms. The summed E-state index contributed by atoms with van der Waals surface area (Å²) in [7, 11) is 0. The van der Waals surface area contributed by atoms with Gasteiger partial charge >= 0.3 is 12.1 Å². The number of nitrogens with one attached hydrogen (secondary N) is 1. The van der Waals surface area contributed by atoms with Crippen molar-refractivity contribution in [2.24, 2.45) is 0 Å². The Morgan fingerprint density at radius 1 is 1.12 bits per heavy atom. The molecule has 0 radical (unpaired) electrons. The van der Waals surface area contributed by atoms with Crippen molar-refractivity contribution in [1.82, 2.24) is 10.3 Å². The van der Waals surface area contributed by atoms with E-state index in [1.54, 1.807) is 0 Å². The van der Waals surface area contributed by atoms with Crippen LogP contribution in [-0.4, -0.2) is 33.8 Å². The number of hydrogen-bond acceptors (Lipinski definition) is 4. The van der Waals surface area contributed by atoms with E-state index in [1.807, 2.05) is 18.2 Å². The van der Waals surface area contributed by atoms with E-state index in [0.29, 0.717) is 6.07 Å². The Hall–Kier alpha value is -3.01. The maximum atomic E-state index is 13.7. The number of halogens is 5. The standard InChI is InChI=1S/C16H13ClF4N2O3.C7H8/c17-10-1-2-12(22-6-10)14(23-7-13(24)15(25)26)8-3-9(16(19,20)21)5-11(18)4-8;1-7-5-3-2-4-6-7/h1-6,13-14,23-24H,7H2,(H,25,26);2-6H,1H3/t13?,14-;/m0./s1. The van der Waals surface area contributed by atoms with Crippen molar-refractivity contribution in [3.8, 4) is 0 Å². The fraction of sp³-hybridized carbons (Fsp3) is 0.217. The molecule has 0 aliphatic carbocycles. The minimum Gasteiger partial charge on any atom is -0.479 e. The average molecular weight is 485 g/mol. The van der Waals surface area contributed by atoms with E-state index in [2.05, 4.69) is 29.4 Å². The van der Waals surface area contributed by atoms with Gasteiger partial charge in [-0.2, -0.15) is 13.2 Å². The van der Waals surface area contributed by atoms with Crippen LogP contribution >= 0.6 is 11.6 Å². The molecule has 0 fully saturated rings. The number of aromatic nitrogens is 1. The topological polar surface area (TPSA) is 82.5 Å². The van der Waals surface area contributed by atoms with Gasteiger partial charge in [0.25, 0.3) is 0 Å². The maximum absolute atomic E-state index is 13.7. The molecule has 1 aromatic heterocycles. The number of aliphatic hydroxyl groups excluding tert-OH is 1. The number of benzene rings is 2. The number of pyridine rings is 1. The zero-order valence-corrected chi connectivity index (χ0v) is 18.1. The van der Waals surface area contributed by atoms with Crippen LogP contribution in [0.4, 0.5) is 17.6 Å². The molecule has 3 aromatic rings. The van der Waals surface area contributed by atoms with Crippen LogP contribution in [0.3, 0.4) is 0 Å². The molecule has 33 heavy (non-hydrogen) atoms. The Morgan fingerprint density at radius 2 is 1.79 bits per heavy atom. The van der Waals surface area contributed by atoms with Crippen molar-refractivity contribution in [2.75, 3.05) is 6.54 Å². The van der Waals surface area contributed by atoms with Gasteiger partial charge in [0.15, 0.2) is 6.10 Å². The van der Waals surface area contributed by atoms with Gasteiger partial charge in [-0.1, -0.05) is 47.5 Å². The fourth-order valence-corrected chi connectivity index (χ4v) is 2.86. The molecule has 1 unspecified atom stereocenters. The van der Waals surface area contributed by atoms with E-state index in [-0.39, 0.29) is 16.3 Å². The molecule has 0 amide bonds. The van der Waals surface area contributed by atoms with Gasteiger partial charge in [-0.25, -0.2) is 9.18 Å². The lowest BCUT2D eigenvalue weighted by Crippen LogP contribution is -2.36. The van der Waals surface area contributed by atoms with E-state index in [4.69, 9.17) is 16.7 Å². The molecule has 176 valence electrons. The van der Waals surface area contributed by atoms with Crippen LogP contribution in [0.25, 0.3) is 0 Å². The summed E-state index contributed by atoms with van der Waals surface area (Å²) in [6.07, 6.45) is -5.33. The molecule has 0 saturated carbocycles. The van der Waals surface area contributed by atoms with E-state index in [1.165, 1.54) is 23.9 Å². The van der Waals surface area contributed by atoms with Crippen LogP contribution in [0.15, 0.2) is 66.9 Å². The average Bonchev–Trinajstić information content (AvgIpc) is 2.75. The van der Waals surface area contributed by atoms with E-state index < -0.39 is 42.2 Å². The number of alkyl halides is 3. The SMILES string of the molecule is Cc1ccccc1.O=C(O)C(O)CN[C@@H](c1cc(F)cc(C(F)(F)F)c1)c1ccc(Cl)cn1. The van der Waals surface area contributed by atoms with Gasteiger partial charge in [0, 0.05) is 12.7 Å². The summed E-state index contributed by atoms with van der Waals surface area (Å²) >= 11 is 5.73. The first-order valence-corrected chi connectivity index (χ1v) is 10.00. The second-order valence-corrected chi connectivity index (χ2v) is 7.46. The third-order valence-corrected chi connectivity index (χ3v) is 4.59. The molecule has 0 saturated heterocycles. The smallest absolute Gasteiger partial charge is 0.416 e. The number of aliphatic hydroxyl groups is 1. The number of hydrogen-bond donors (Lipinski definition) is 3. The highest BCUT2D eigenvalue weighted by Crippen LogP contribution is 2.33. The number of carbonyl (C=O) groups is 1. The van der Waals surface area contributed by atoms with E-state index in [9.17, 15) is 27.5 Å². The zero-order valence-electron chi connectivity index (χ0n) is 17.4. The number of aliphatic carboxylic acids is 1. The second kappa shape index (κ2) is 11.7. The first-order chi connectivity index (χ1) is 15.5. The van der Waals surface area contributed by atoms with Crippen LogP contribution in [-0.2, 0) is 11.0 Å². The second-order valence-electron chi connectivity index (χ2n) is 7.02. The first-order valence-electron chi connectivity index (χ1n) is 9.62. The minimum absolute atomic E-state index is 0.135. The summed E-state index contributed by atoms with van der Waals surface area (Å²) in [4.78, 5) is 14.7. The number of nitrogens with zero attached hydrogens (tertiary/aromatic N) is 1. The first kappa shape index (κ1) is 26.2. The molecule has 0 aliphatic heterocycles. The number of rotatable bonds is 6. The minimum atomic E-state index is -4.77. The Balaban J connectivity index is 0.000000468. The predicted octanol–water partition coefficient (Wildman–Crippen LogP) is 5.01. The van der Waals surface area contributed by atoms with Crippen LogP contribution in [0.2, 0.25) is 5.02 Å². The molecule has 2 atom stereocenters. The highest BCUT2D eigenvalue weighted by Gasteiger charge is 2.32. The summed E-state index contributed by atoms with van der Waals surface area (Å²) < 4.78 is 52.6. The molecule has 0 aliphatic rings. The number of carboxylic acid groups (broad SMARTS) is 1. The molecule has 10 heteroatoms. The molecule has 3 N–H and O–H groups in total. The van der Waals surface area contributed by atoms with Crippen LogP contribution in [0.1, 0.15) is 28.4 Å².